The van der Waals surface area contributed by atoms with Crippen LogP contribution < -0.4 is 10.2 Å². The molecule has 0 radical (unpaired) electrons. The molecule has 2 aromatic carbocycles. The lowest BCUT2D eigenvalue weighted by Crippen LogP contribution is -2.17. The molecule has 2 rings (SSSR count). The molecule has 0 aliphatic carbocycles. The molecule has 0 aliphatic heterocycles. The lowest BCUT2D eigenvalue weighted by Gasteiger charge is -2.01. The molecular weight excluding hydrogens is 284 g/mol. The molecule has 0 spiro atoms. The molecule has 0 aliphatic rings. The Kier molecular flexibility index (Phi) is 4.87. The molecule has 0 saturated carbocycles. The minimum Gasteiger partial charge on any atom is -0.508 e. The average molecular weight is 298 g/mol. The third kappa shape index (κ3) is 4.45. The summed E-state index contributed by atoms with van der Waals surface area (Å²) in [5.41, 5.74) is 3.50. The summed E-state index contributed by atoms with van der Waals surface area (Å²) in [5.74, 6) is -0.235. The van der Waals surface area contributed by atoms with Gasteiger partial charge >= 0.3 is 5.97 Å². The number of nitrogens with one attached hydrogen (secondary N) is 1. The first-order chi connectivity index (χ1) is 10.5. The number of rotatable bonds is 4. The number of hydrogen-bond acceptors (Lipinski definition) is 5. The van der Waals surface area contributed by atoms with Crippen molar-refractivity contribution in [3.63, 3.8) is 0 Å². The summed E-state index contributed by atoms with van der Waals surface area (Å²) >= 11 is 0. The van der Waals surface area contributed by atoms with Gasteiger partial charge in [0.15, 0.2) is 0 Å². The Morgan fingerprint density at radius 1 is 1.09 bits per heavy atom. The van der Waals surface area contributed by atoms with Crippen molar-refractivity contribution < 1.29 is 19.4 Å². The van der Waals surface area contributed by atoms with Crippen molar-refractivity contribution in [2.24, 2.45) is 5.10 Å². The molecule has 6 heteroatoms. The summed E-state index contributed by atoms with van der Waals surface area (Å²) in [5, 5.41) is 13.0. The van der Waals surface area contributed by atoms with Crippen LogP contribution in [-0.4, -0.2) is 23.2 Å². The van der Waals surface area contributed by atoms with Crippen LogP contribution in [0.4, 0.5) is 0 Å². The van der Waals surface area contributed by atoms with E-state index in [1.54, 1.807) is 24.3 Å². The maximum atomic E-state index is 11.8. The molecule has 0 fully saturated rings. The second kappa shape index (κ2) is 7.03. The quantitative estimate of drug-likeness (QED) is 0.391. The fourth-order valence-corrected chi connectivity index (χ4v) is 1.63. The van der Waals surface area contributed by atoms with Crippen molar-refractivity contribution in [2.45, 2.75) is 6.92 Å². The molecule has 0 atom stereocenters. The van der Waals surface area contributed by atoms with Gasteiger partial charge < -0.3 is 9.84 Å². The summed E-state index contributed by atoms with van der Waals surface area (Å²) in [6.07, 6.45) is 1.47. The van der Waals surface area contributed by atoms with E-state index in [4.69, 9.17) is 9.84 Å². The zero-order chi connectivity index (χ0) is 15.9. The Balaban J connectivity index is 1.93. The summed E-state index contributed by atoms with van der Waals surface area (Å²) in [6, 6.07) is 12.5. The predicted octanol–water partition coefficient (Wildman–Crippen LogP) is 2.08. The summed E-state index contributed by atoms with van der Waals surface area (Å²) in [6.45, 7) is 1.33. The number of phenols is 1. The van der Waals surface area contributed by atoms with E-state index in [1.165, 1.54) is 37.4 Å². The molecular formula is C16H14N2O4. The Hall–Kier alpha value is -3.15. The molecule has 0 bridgehead atoms. The number of esters is 1. The smallest absolute Gasteiger partial charge is 0.308 e. The second-order valence-corrected chi connectivity index (χ2v) is 4.41. The summed E-state index contributed by atoms with van der Waals surface area (Å²) < 4.78 is 4.91. The zero-order valence-electron chi connectivity index (χ0n) is 11.8. The Labute approximate surface area is 127 Å². The molecule has 0 aromatic heterocycles. The van der Waals surface area contributed by atoms with Gasteiger partial charge in [-0.2, -0.15) is 5.10 Å². The number of hydrazone groups is 1. The molecule has 0 heterocycles. The highest BCUT2D eigenvalue weighted by atomic mass is 16.5. The molecule has 2 aromatic rings. The van der Waals surface area contributed by atoms with E-state index in [1.807, 2.05) is 0 Å². The van der Waals surface area contributed by atoms with E-state index in [2.05, 4.69) is 10.5 Å². The van der Waals surface area contributed by atoms with E-state index in [9.17, 15) is 9.59 Å². The fourth-order valence-electron chi connectivity index (χ4n) is 1.63. The molecule has 22 heavy (non-hydrogen) atoms. The predicted molar refractivity (Wildman–Crippen MR) is 80.9 cm³/mol. The van der Waals surface area contributed by atoms with E-state index in [0.29, 0.717) is 11.3 Å². The van der Waals surface area contributed by atoms with Gasteiger partial charge in [-0.1, -0.05) is 0 Å². The van der Waals surface area contributed by atoms with Crippen molar-refractivity contribution in [2.75, 3.05) is 0 Å². The van der Waals surface area contributed by atoms with Crippen LogP contribution >= 0.6 is 0 Å². The van der Waals surface area contributed by atoms with Crippen LogP contribution in [0.1, 0.15) is 22.8 Å². The van der Waals surface area contributed by atoms with Gasteiger partial charge in [-0.15, -0.1) is 0 Å². The van der Waals surface area contributed by atoms with Crippen molar-refractivity contribution in [1.29, 1.82) is 0 Å². The Morgan fingerprint density at radius 3 is 2.32 bits per heavy atom. The molecule has 0 unspecified atom stereocenters. The summed E-state index contributed by atoms with van der Waals surface area (Å²) in [7, 11) is 0. The SMILES string of the molecule is CC(=O)Oc1ccc(/C=N\NC(=O)c2ccc(O)cc2)cc1. The lowest BCUT2D eigenvalue weighted by molar-refractivity contribution is -0.131. The highest BCUT2D eigenvalue weighted by molar-refractivity contribution is 5.95. The van der Waals surface area contributed by atoms with Crippen molar-refractivity contribution in [3.8, 4) is 11.5 Å². The van der Waals surface area contributed by atoms with Crippen LogP contribution in [0.5, 0.6) is 11.5 Å². The number of ether oxygens (including phenoxy) is 1. The number of nitrogens with zero attached hydrogens (tertiary/aromatic N) is 1. The molecule has 6 nitrogen and oxygen atoms in total. The standard InChI is InChI=1S/C16H14N2O4/c1-11(19)22-15-8-2-12(3-9-15)10-17-18-16(21)13-4-6-14(20)7-5-13/h2-10,20H,1H3,(H,18,21)/b17-10-. The van der Waals surface area contributed by atoms with Gasteiger partial charge in [-0.3, -0.25) is 9.59 Å². The number of hydrogen-bond donors (Lipinski definition) is 2. The first-order valence-corrected chi connectivity index (χ1v) is 6.45. The van der Waals surface area contributed by atoms with Gasteiger partial charge in [0.2, 0.25) is 0 Å². The normalized spacial score (nSPS) is 10.4. The van der Waals surface area contributed by atoms with Crippen LogP contribution in [0.25, 0.3) is 0 Å². The maximum Gasteiger partial charge on any atom is 0.308 e. The van der Waals surface area contributed by atoms with Gasteiger partial charge in [0.1, 0.15) is 11.5 Å². The number of benzene rings is 2. The van der Waals surface area contributed by atoms with Gasteiger partial charge in [-0.25, -0.2) is 5.43 Å². The Morgan fingerprint density at radius 2 is 1.73 bits per heavy atom. The number of amides is 1. The number of aromatic hydroxyl groups is 1. The van der Waals surface area contributed by atoms with Crippen LogP contribution in [0.2, 0.25) is 0 Å². The van der Waals surface area contributed by atoms with Gasteiger partial charge in [0.05, 0.1) is 6.21 Å². The van der Waals surface area contributed by atoms with E-state index in [0.717, 1.165) is 5.56 Å². The summed E-state index contributed by atoms with van der Waals surface area (Å²) in [4.78, 5) is 22.5. The van der Waals surface area contributed by atoms with Crippen molar-refractivity contribution >= 4 is 18.1 Å². The minimum absolute atomic E-state index is 0.0907. The first-order valence-electron chi connectivity index (χ1n) is 6.45. The monoisotopic (exact) mass is 298 g/mol. The Bertz CT molecular complexity index is 691. The first kappa shape index (κ1) is 15.2. The molecule has 1 amide bonds. The van der Waals surface area contributed by atoms with Crippen LogP contribution in [0.3, 0.4) is 0 Å². The van der Waals surface area contributed by atoms with Crippen molar-refractivity contribution in [1.82, 2.24) is 5.43 Å². The maximum absolute atomic E-state index is 11.8. The second-order valence-electron chi connectivity index (χ2n) is 4.41. The highest BCUT2D eigenvalue weighted by Crippen LogP contribution is 2.11. The third-order valence-corrected chi connectivity index (χ3v) is 2.65. The topological polar surface area (TPSA) is 88.0 Å². The zero-order valence-corrected chi connectivity index (χ0v) is 11.8. The highest BCUT2D eigenvalue weighted by Gasteiger charge is 2.03. The van der Waals surface area contributed by atoms with E-state index >= 15 is 0 Å². The van der Waals surface area contributed by atoms with Crippen LogP contribution in [0, 0.1) is 0 Å². The largest absolute Gasteiger partial charge is 0.508 e. The number of carbonyl (C=O) groups excluding carboxylic acids is 2. The van der Waals surface area contributed by atoms with Gasteiger partial charge in [0.25, 0.3) is 5.91 Å². The molecule has 2 N–H and O–H groups in total. The van der Waals surface area contributed by atoms with Crippen LogP contribution in [0.15, 0.2) is 53.6 Å². The fraction of sp³-hybridized carbons (Fsp3) is 0.0625. The minimum atomic E-state index is -0.387. The van der Waals surface area contributed by atoms with E-state index in [-0.39, 0.29) is 17.6 Å². The van der Waals surface area contributed by atoms with Gasteiger partial charge in [-0.05, 0) is 54.1 Å². The van der Waals surface area contributed by atoms with E-state index < -0.39 is 0 Å². The number of phenolic OH excluding ortho intramolecular Hbond substituents is 1. The lowest BCUT2D eigenvalue weighted by atomic mass is 10.2. The molecule has 112 valence electrons. The third-order valence-electron chi connectivity index (χ3n) is 2.65. The van der Waals surface area contributed by atoms with Gasteiger partial charge in [0, 0.05) is 12.5 Å². The van der Waals surface area contributed by atoms with Crippen molar-refractivity contribution in [3.05, 3.63) is 59.7 Å². The average Bonchev–Trinajstić information content (AvgIpc) is 2.49. The molecule has 0 saturated heterocycles. The van der Waals surface area contributed by atoms with Crippen LogP contribution in [-0.2, 0) is 4.79 Å². The number of carbonyl (C=O) groups is 2.